The number of ether oxygens (including phenoxy) is 1. The van der Waals surface area contributed by atoms with Crippen LogP contribution < -0.4 is 10.3 Å². The number of rotatable bonds is 5. The Morgan fingerprint density at radius 2 is 1.88 bits per heavy atom. The smallest absolute Gasteiger partial charge is 0.266 e. The second kappa shape index (κ2) is 7.92. The normalized spacial score (nSPS) is 13.9. The first-order valence-electron chi connectivity index (χ1n) is 10.3. The highest BCUT2D eigenvalue weighted by atomic mass is 16.5. The Hall–Kier alpha value is -4.01. The summed E-state index contributed by atoms with van der Waals surface area (Å²) in [6.07, 6.45) is 3.39. The Balaban J connectivity index is 1.27. The zero-order chi connectivity index (χ0) is 22.2. The van der Waals surface area contributed by atoms with Gasteiger partial charge in [0.15, 0.2) is 0 Å². The fourth-order valence-corrected chi connectivity index (χ4v) is 4.09. The van der Waals surface area contributed by atoms with E-state index in [1.54, 1.807) is 54.3 Å². The molecule has 0 aliphatic carbocycles. The molecule has 1 amide bonds. The molecule has 0 atom stereocenters. The minimum absolute atomic E-state index is 0.0430. The van der Waals surface area contributed by atoms with Gasteiger partial charge in [0.2, 0.25) is 5.88 Å². The first-order valence-corrected chi connectivity index (χ1v) is 10.3. The lowest BCUT2D eigenvalue weighted by Crippen LogP contribution is -2.52. The Morgan fingerprint density at radius 3 is 2.62 bits per heavy atom. The summed E-state index contributed by atoms with van der Waals surface area (Å²) in [7, 11) is 3.41. The van der Waals surface area contributed by atoms with Crippen molar-refractivity contribution < 1.29 is 9.53 Å². The largest absolute Gasteiger partial charge is 0.481 e. The summed E-state index contributed by atoms with van der Waals surface area (Å²) in [5.74, 6) is 0.795. The van der Waals surface area contributed by atoms with Crippen molar-refractivity contribution in [1.29, 1.82) is 0 Å². The van der Waals surface area contributed by atoms with Crippen LogP contribution in [-0.2, 0) is 13.6 Å². The van der Waals surface area contributed by atoms with Gasteiger partial charge in [0.25, 0.3) is 11.5 Å². The van der Waals surface area contributed by atoms with E-state index in [9.17, 15) is 9.59 Å². The summed E-state index contributed by atoms with van der Waals surface area (Å²) in [4.78, 5) is 31.0. The third kappa shape index (κ3) is 3.51. The predicted molar refractivity (Wildman–Crippen MR) is 118 cm³/mol. The van der Waals surface area contributed by atoms with Crippen LogP contribution in [0.5, 0.6) is 5.88 Å². The van der Waals surface area contributed by atoms with E-state index in [1.165, 1.54) is 10.7 Å². The third-order valence-corrected chi connectivity index (χ3v) is 5.74. The van der Waals surface area contributed by atoms with Crippen molar-refractivity contribution >= 4 is 16.8 Å². The van der Waals surface area contributed by atoms with Gasteiger partial charge in [-0.2, -0.15) is 10.2 Å². The van der Waals surface area contributed by atoms with Crippen LogP contribution in [0.3, 0.4) is 0 Å². The molecule has 32 heavy (non-hydrogen) atoms. The molecule has 162 valence electrons. The van der Waals surface area contributed by atoms with Gasteiger partial charge in [0.1, 0.15) is 0 Å². The number of aryl methyl sites for hydroxylation is 1. The minimum Gasteiger partial charge on any atom is -0.481 e. The van der Waals surface area contributed by atoms with E-state index in [-0.39, 0.29) is 17.4 Å². The van der Waals surface area contributed by atoms with Gasteiger partial charge < -0.3 is 9.64 Å². The Morgan fingerprint density at radius 1 is 1.09 bits per heavy atom. The highest BCUT2D eigenvalue weighted by molar-refractivity contribution is 5.99. The molecule has 1 aliphatic heterocycles. The van der Waals surface area contributed by atoms with Crippen molar-refractivity contribution in [2.45, 2.75) is 6.54 Å². The lowest BCUT2D eigenvalue weighted by Gasteiger charge is -2.39. The van der Waals surface area contributed by atoms with Crippen LogP contribution in [0, 0.1) is 5.92 Å². The van der Waals surface area contributed by atoms with Crippen LogP contribution in [-0.4, -0.2) is 55.6 Å². The number of carbonyl (C=O) groups is 1. The van der Waals surface area contributed by atoms with Crippen molar-refractivity contribution in [3.63, 3.8) is 0 Å². The number of benzene rings is 1. The Kier molecular flexibility index (Phi) is 4.93. The van der Waals surface area contributed by atoms with E-state index in [4.69, 9.17) is 4.74 Å². The molecule has 9 heteroatoms. The van der Waals surface area contributed by atoms with E-state index in [2.05, 4.69) is 15.2 Å². The molecule has 0 spiro atoms. The summed E-state index contributed by atoms with van der Waals surface area (Å²) < 4.78 is 8.50. The van der Waals surface area contributed by atoms with Gasteiger partial charge in [-0.25, -0.2) is 9.36 Å². The second-order valence-corrected chi connectivity index (χ2v) is 7.92. The molecule has 0 saturated carbocycles. The quantitative estimate of drug-likeness (QED) is 0.480. The summed E-state index contributed by atoms with van der Waals surface area (Å²) in [5, 5.41) is 9.78. The van der Waals surface area contributed by atoms with Gasteiger partial charge in [-0.1, -0.05) is 0 Å². The number of hydrogen-bond acceptors (Lipinski definition) is 6. The van der Waals surface area contributed by atoms with E-state index in [0.29, 0.717) is 31.1 Å². The number of carbonyl (C=O) groups excluding carboxylic acids is 1. The Bertz CT molecular complexity index is 1360. The number of likely N-dealkylation sites (tertiary alicyclic amines) is 1. The number of aromatic nitrogens is 5. The molecule has 4 heterocycles. The molecule has 5 rings (SSSR count). The van der Waals surface area contributed by atoms with Crippen LogP contribution >= 0.6 is 0 Å². The molecule has 0 unspecified atom stereocenters. The summed E-state index contributed by atoms with van der Waals surface area (Å²) >= 11 is 0. The monoisotopic (exact) mass is 430 g/mol. The molecule has 0 N–H and O–H groups in total. The average molecular weight is 430 g/mol. The second-order valence-electron chi connectivity index (χ2n) is 7.92. The van der Waals surface area contributed by atoms with E-state index < -0.39 is 0 Å². The molecule has 1 saturated heterocycles. The van der Waals surface area contributed by atoms with Crippen molar-refractivity contribution in [1.82, 2.24) is 29.4 Å². The highest BCUT2D eigenvalue weighted by Crippen LogP contribution is 2.27. The molecule has 0 bridgehead atoms. The van der Waals surface area contributed by atoms with Gasteiger partial charge in [-0.3, -0.25) is 14.6 Å². The van der Waals surface area contributed by atoms with Crippen LogP contribution in [0.15, 0.2) is 59.7 Å². The van der Waals surface area contributed by atoms with E-state index in [1.807, 2.05) is 18.2 Å². The summed E-state index contributed by atoms with van der Waals surface area (Å²) in [5.41, 5.74) is 2.78. The third-order valence-electron chi connectivity index (χ3n) is 5.74. The molecule has 3 aromatic heterocycles. The number of pyridine rings is 1. The maximum atomic E-state index is 12.9. The summed E-state index contributed by atoms with van der Waals surface area (Å²) in [6, 6.07) is 12.4. The van der Waals surface area contributed by atoms with E-state index >= 15 is 0 Å². The maximum Gasteiger partial charge on any atom is 0.266 e. The Labute approximate surface area is 183 Å². The molecular formula is C23H22N6O3. The zero-order valence-corrected chi connectivity index (χ0v) is 17.8. The molecular weight excluding hydrogens is 408 g/mol. The number of amides is 1. The fraction of sp³-hybridized carbons (Fsp3) is 0.261. The van der Waals surface area contributed by atoms with Crippen molar-refractivity contribution in [3.05, 3.63) is 70.8 Å². The molecule has 1 fully saturated rings. The topological polar surface area (TPSA) is 95.1 Å². The minimum atomic E-state index is -0.151. The molecule has 0 radical (unpaired) electrons. The van der Waals surface area contributed by atoms with Crippen molar-refractivity contribution in [2.75, 3.05) is 20.2 Å². The molecule has 4 aromatic rings. The maximum absolute atomic E-state index is 12.9. The molecule has 9 nitrogen and oxygen atoms in total. The SMILES string of the molecule is COc1c2ccc(C(=O)N3CC(Cn4nc(-c5ccncc5)ccc4=O)C3)cc2nn1C. The summed E-state index contributed by atoms with van der Waals surface area (Å²) in [6.45, 7) is 1.63. The lowest BCUT2D eigenvalue weighted by molar-refractivity contribution is 0.0458. The van der Waals surface area contributed by atoms with Crippen LogP contribution in [0.4, 0.5) is 0 Å². The first kappa shape index (κ1) is 19.9. The van der Waals surface area contributed by atoms with Crippen LogP contribution in [0.1, 0.15) is 10.4 Å². The van der Waals surface area contributed by atoms with Gasteiger partial charge in [-0.15, -0.1) is 0 Å². The van der Waals surface area contributed by atoms with E-state index in [0.717, 1.165) is 22.2 Å². The lowest BCUT2D eigenvalue weighted by atomic mass is 9.98. The van der Waals surface area contributed by atoms with Crippen molar-refractivity contribution in [2.24, 2.45) is 13.0 Å². The number of nitrogens with zero attached hydrogens (tertiary/aromatic N) is 6. The molecule has 1 aliphatic rings. The predicted octanol–water partition coefficient (Wildman–Crippen LogP) is 1.97. The highest BCUT2D eigenvalue weighted by Gasteiger charge is 2.32. The molecule has 1 aromatic carbocycles. The van der Waals surface area contributed by atoms with Crippen LogP contribution in [0.25, 0.3) is 22.2 Å². The standard InChI is InChI=1S/C23H22N6O3/c1-27-23(32-2)18-4-3-17(11-20(18)25-27)22(31)28-12-15(13-28)14-29-21(30)6-5-19(26-29)16-7-9-24-10-8-16/h3-11,15H,12-14H2,1-2H3. The van der Waals surface area contributed by atoms with Gasteiger partial charge in [-0.05, 0) is 36.4 Å². The van der Waals surface area contributed by atoms with Crippen molar-refractivity contribution in [3.8, 4) is 17.1 Å². The number of hydrogen-bond donors (Lipinski definition) is 0. The number of methoxy groups -OCH3 is 1. The average Bonchev–Trinajstić information content (AvgIpc) is 3.11. The first-order chi connectivity index (χ1) is 15.5. The number of fused-ring (bicyclic) bond motifs is 1. The van der Waals surface area contributed by atoms with Crippen LogP contribution in [0.2, 0.25) is 0 Å². The van der Waals surface area contributed by atoms with Gasteiger partial charge >= 0.3 is 0 Å². The van der Waals surface area contributed by atoms with Gasteiger partial charge in [0, 0.05) is 55.6 Å². The fourth-order valence-electron chi connectivity index (χ4n) is 4.09. The zero-order valence-electron chi connectivity index (χ0n) is 17.8. The van der Waals surface area contributed by atoms with Gasteiger partial charge in [0.05, 0.1) is 30.3 Å².